The molecule has 2 aliphatic rings. The van der Waals surface area contributed by atoms with Crippen LogP contribution in [-0.2, 0) is 22.6 Å². The lowest BCUT2D eigenvalue weighted by molar-refractivity contribution is -0.128. The highest BCUT2D eigenvalue weighted by Crippen LogP contribution is 2.33. The first-order valence-corrected chi connectivity index (χ1v) is 9.54. The minimum Gasteiger partial charge on any atom is -0.351 e. The number of amides is 2. The van der Waals surface area contributed by atoms with E-state index in [0.717, 1.165) is 49.0 Å². The zero-order chi connectivity index (χ0) is 18.1. The number of aromatic nitrogens is 1. The highest BCUT2D eigenvalue weighted by atomic mass is 16.2. The molecule has 1 atom stereocenters. The van der Waals surface area contributed by atoms with Gasteiger partial charge in [-0.2, -0.15) is 0 Å². The number of benzene rings is 1. The van der Waals surface area contributed by atoms with Crippen LogP contribution >= 0.6 is 0 Å². The molecule has 1 saturated carbocycles. The molecular weight excluding hydrogens is 326 g/mol. The summed E-state index contributed by atoms with van der Waals surface area (Å²) in [6, 6.07) is 11.4. The second-order valence-corrected chi connectivity index (χ2v) is 7.24. The summed E-state index contributed by atoms with van der Waals surface area (Å²) >= 11 is 0. The third kappa shape index (κ3) is 3.02. The van der Waals surface area contributed by atoms with Crippen molar-refractivity contribution in [1.82, 2.24) is 9.88 Å². The molecule has 0 saturated heterocycles. The molecule has 5 heteroatoms. The van der Waals surface area contributed by atoms with Gasteiger partial charge in [0.15, 0.2) is 6.04 Å². The van der Waals surface area contributed by atoms with Gasteiger partial charge in [0.2, 0.25) is 11.8 Å². The Morgan fingerprint density at radius 3 is 2.77 bits per heavy atom. The van der Waals surface area contributed by atoms with E-state index in [1.165, 1.54) is 0 Å². The van der Waals surface area contributed by atoms with E-state index in [9.17, 15) is 9.59 Å². The zero-order valence-electron chi connectivity index (χ0n) is 15.1. The van der Waals surface area contributed by atoms with E-state index >= 15 is 0 Å². The van der Waals surface area contributed by atoms with Crippen LogP contribution in [-0.4, -0.2) is 22.4 Å². The normalized spacial score (nSPS) is 20.3. The zero-order valence-corrected chi connectivity index (χ0v) is 15.1. The predicted molar refractivity (Wildman–Crippen MR) is 101 cm³/mol. The molecule has 5 nitrogen and oxygen atoms in total. The van der Waals surface area contributed by atoms with Crippen molar-refractivity contribution >= 4 is 17.5 Å². The lowest BCUT2D eigenvalue weighted by Gasteiger charge is -2.36. The molecular formula is C21H25N3O2. The van der Waals surface area contributed by atoms with Gasteiger partial charge in [0.05, 0.1) is 5.69 Å². The molecule has 1 N–H and O–H groups in total. The molecule has 0 radical (unpaired) electrons. The van der Waals surface area contributed by atoms with E-state index in [0.29, 0.717) is 0 Å². The number of hydrogen-bond acceptors (Lipinski definition) is 2. The fourth-order valence-electron chi connectivity index (χ4n) is 4.14. The molecule has 2 amide bonds. The van der Waals surface area contributed by atoms with Gasteiger partial charge in [0.1, 0.15) is 6.54 Å². The van der Waals surface area contributed by atoms with Gasteiger partial charge in [-0.3, -0.25) is 14.5 Å². The first-order valence-electron chi connectivity index (χ1n) is 9.54. The molecule has 4 rings (SSSR count). The summed E-state index contributed by atoms with van der Waals surface area (Å²) in [6.45, 7) is 2.36. The summed E-state index contributed by atoms with van der Waals surface area (Å²) in [5.74, 6) is -0.125. The number of anilines is 1. The fraction of sp³-hybridized carbons (Fsp3) is 0.429. The van der Waals surface area contributed by atoms with Crippen molar-refractivity contribution in [2.24, 2.45) is 0 Å². The van der Waals surface area contributed by atoms with Crippen molar-refractivity contribution in [2.45, 2.75) is 57.7 Å². The largest absolute Gasteiger partial charge is 0.351 e. The fourth-order valence-corrected chi connectivity index (χ4v) is 4.14. The average molecular weight is 351 g/mol. The van der Waals surface area contributed by atoms with E-state index in [1.807, 2.05) is 47.2 Å². The van der Waals surface area contributed by atoms with Crippen LogP contribution < -0.4 is 10.2 Å². The lowest BCUT2D eigenvalue weighted by atomic mass is 10.0. The molecule has 1 aliphatic carbocycles. The third-order valence-corrected chi connectivity index (χ3v) is 5.52. The Morgan fingerprint density at radius 1 is 1.19 bits per heavy atom. The summed E-state index contributed by atoms with van der Waals surface area (Å²) in [5.41, 5.74) is 2.83. The molecule has 2 aromatic rings. The summed E-state index contributed by atoms with van der Waals surface area (Å²) in [7, 11) is 0. The number of nitrogens with one attached hydrogen (secondary N) is 1. The maximum atomic E-state index is 13.2. The Kier molecular flexibility index (Phi) is 4.53. The molecule has 1 aliphatic heterocycles. The van der Waals surface area contributed by atoms with Crippen LogP contribution in [0.15, 0.2) is 42.6 Å². The van der Waals surface area contributed by atoms with E-state index in [-0.39, 0.29) is 24.4 Å². The summed E-state index contributed by atoms with van der Waals surface area (Å²) in [5, 5.41) is 3.18. The highest BCUT2D eigenvalue weighted by Gasteiger charge is 2.39. The first-order chi connectivity index (χ1) is 12.7. The number of carbonyl (C=O) groups excluding carboxylic acids is 2. The second kappa shape index (κ2) is 6.98. The van der Waals surface area contributed by atoms with Crippen LogP contribution in [0.25, 0.3) is 0 Å². The van der Waals surface area contributed by atoms with E-state index in [2.05, 4.69) is 12.2 Å². The number of aryl methyl sites for hydroxylation is 1. The van der Waals surface area contributed by atoms with Gasteiger partial charge >= 0.3 is 0 Å². The number of nitrogens with zero attached hydrogens (tertiary/aromatic N) is 2. The summed E-state index contributed by atoms with van der Waals surface area (Å²) in [4.78, 5) is 27.8. The van der Waals surface area contributed by atoms with Crippen molar-refractivity contribution in [3.05, 3.63) is 53.9 Å². The van der Waals surface area contributed by atoms with E-state index < -0.39 is 6.04 Å². The standard InChI is InChI=1S/C21H25N3O2/c1-2-15-7-5-10-17(13-15)24-19(25)14-23-12-6-11-18(23)20(24)21(26)22-16-8-3-4-9-16/h5-7,10-13,16,20H,2-4,8-9,14H2,1H3,(H,22,26). The van der Waals surface area contributed by atoms with Gasteiger partial charge in [0.25, 0.3) is 0 Å². The average Bonchev–Trinajstić information content (AvgIpc) is 3.32. The van der Waals surface area contributed by atoms with Gasteiger partial charge in [-0.15, -0.1) is 0 Å². The Balaban J connectivity index is 1.71. The van der Waals surface area contributed by atoms with Gasteiger partial charge in [-0.25, -0.2) is 0 Å². The van der Waals surface area contributed by atoms with E-state index in [1.54, 1.807) is 4.90 Å². The van der Waals surface area contributed by atoms with Crippen molar-refractivity contribution in [2.75, 3.05) is 4.90 Å². The molecule has 1 aromatic heterocycles. The van der Waals surface area contributed by atoms with Crippen molar-refractivity contribution in [1.29, 1.82) is 0 Å². The summed E-state index contributed by atoms with van der Waals surface area (Å²) in [6.07, 6.45) is 7.14. The first kappa shape index (κ1) is 16.9. The maximum Gasteiger partial charge on any atom is 0.249 e. The number of hydrogen-bond donors (Lipinski definition) is 1. The molecule has 0 bridgehead atoms. The molecule has 136 valence electrons. The number of fused-ring (bicyclic) bond motifs is 1. The van der Waals surface area contributed by atoms with Crippen LogP contribution in [0.4, 0.5) is 5.69 Å². The Morgan fingerprint density at radius 2 is 2.00 bits per heavy atom. The lowest BCUT2D eigenvalue weighted by Crippen LogP contribution is -2.50. The van der Waals surface area contributed by atoms with Gasteiger partial charge in [-0.05, 0) is 49.1 Å². The van der Waals surface area contributed by atoms with Gasteiger partial charge in [0, 0.05) is 17.9 Å². The smallest absolute Gasteiger partial charge is 0.249 e. The second-order valence-electron chi connectivity index (χ2n) is 7.24. The Bertz CT molecular complexity index is 820. The SMILES string of the molecule is CCc1cccc(N2C(=O)Cn3cccc3C2C(=O)NC2CCCC2)c1. The number of carbonyl (C=O) groups is 2. The highest BCUT2D eigenvalue weighted by molar-refractivity contribution is 6.02. The van der Waals surface area contributed by atoms with Crippen LogP contribution in [0, 0.1) is 0 Å². The number of rotatable bonds is 4. The third-order valence-electron chi connectivity index (χ3n) is 5.52. The van der Waals surface area contributed by atoms with Gasteiger partial charge in [-0.1, -0.05) is 31.9 Å². The minimum atomic E-state index is -0.612. The molecule has 1 fully saturated rings. The van der Waals surface area contributed by atoms with Crippen LogP contribution in [0.2, 0.25) is 0 Å². The van der Waals surface area contributed by atoms with Crippen LogP contribution in [0.3, 0.4) is 0 Å². The molecule has 1 aromatic carbocycles. The minimum absolute atomic E-state index is 0.0477. The monoisotopic (exact) mass is 351 g/mol. The van der Waals surface area contributed by atoms with Crippen molar-refractivity contribution in [3.63, 3.8) is 0 Å². The van der Waals surface area contributed by atoms with Crippen molar-refractivity contribution < 1.29 is 9.59 Å². The Labute approximate surface area is 154 Å². The van der Waals surface area contributed by atoms with E-state index in [4.69, 9.17) is 0 Å². The predicted octanol–water partition coefficient (Wildman–Crippen LogP) is 3.20. The Hall–Kier alpha value is -2.56. The molecule has 0 spiro atoms. The maximum absolute atomic E-state index is 13.2. The van der Waals surface area contributed by atoms with Gasteiger partial charge < -0.3 is 9.88 Å². The van der Waals surface area contributed by atoms with Crippen molar-refractivity contribution in [3.8, 4) is 0 Å². The van der Waals surface area contributed by atoms with Crippen LogP contribution in [0.5, 0.6) is 0 Å². The molecule has 26 heavy (non-hydrogen) atoms. The molecule has 2 heterocycles. The summed E-state index contributed by atoms with van der Waals surface area (Å²) < 4.78 is 1.89. The topological polar surface area (TPSA) is 54.3 Å². The molecule has 1 unspecified atom stereocenters. The van der Waals surface area contributed by atoms with Crippen LogP contribution in [0.1, 0.15) is 49.9 Å². The quantitative estimate of drug-likeness (QED) is 0.920.